The van der Waals surface area contributed by atoms with Crippen molar-refractivity contribution in [1.82, 2.24) is 9.88 Å². The van der Waals surface area contributed by atoms with Crippen molar-refractivity contribution in [2.45, 2.75) is 78.1 Å². The van der Waals surface area contributed by atoms with E-state index in [0.29, 0.717) is 24.1 Å². The number of hydrogen-bond acceptors (Lipinski definition) is 6. The standard InChI is InChI=1S/C30H40N4O2S.C2HF3O2/c1-7-34(23-10-8-22(9-11-23)33(5)6)28-20(4)25(29(31)35)16-26(21-12-13-37-17-21)27(28)15-24-18(2)14-19(3)32-30(24)36;3-2(4,5)1(6)7/h12-14,16-17,22-23H,7-11,15H2,1-6H3,(H2,31,35)(H,32,36);(H,6,7). The molecule has 2 aromatic heterocycles. The Bertz CT molecular complexity index is 1530. The van der Waals surface area contributed by atoms with Gasteiger partial charge >= 0.3 is 12.1 Å². The van der Waals surface area contributed by atoms with Crippen LogP contribution in [-0.4, -0.2) is 65.8 Å². The highest BCUT2D eigenvalue weighted by molar-refractivity contribution is 7.08. The van der Waals surface area contributed by atoms with E-state index in [1.165, 1.54) is 0 Å². The number of nitrogens with two attached hydrogens (primary N) is 1. The third-order valence-corrected chi connectivity index (χ3v) is 8.99. The summed E-state index contributed by atoms with van der Waals surface area (Å²) in [4.78, 5) is 42.5. The molecule has 3 aromatic rings. The number of hydrogen-bond donors (Lipinski definition) is 3. The maximum atomic E-state index is 13.1. The van der Waals surface area contributed by atoms with Gasteiger partial charge in [-0.05, 0) is 124 Å². The van der Waals surface area contributed by atoms with Gasteiger partial charge in [0.05, 0.1) is 0 Å². The summed E-state index contributed by atoms with van der Waals surface area (Å²) in [6, 6.07) is 7.02. The van der Waals surface area contributed by atoms with Crippen LogP contribution in [0, 0.1) is 20.8 Å². The van der Waals surface area contributed by atoms with Crippen LogP contribution in [-0.2, 0) is 11.2 Å². The zero-order valence-electron chi connectivity index (χ0n) is 26.0. The molecular formula is C32H41F3N4O4S. The largest absolute Gasteiger partial charge is 0.490 e. The normalized spacial score (nSPS) is 16.8. The first kappa shape index (κ1) is 34.8. The fraction of sp³-hybridized carbons (Fsp3) is 0.469. The van der Waals surface area contributed by atoms with E-state index in [9.17, 15) is 22.8 Å². The van der Waals surface area contributed by atoms with E-state index in [2.05, 4.69) is 47.2 Å². The smallest absolute Gasteiger partial charge is 0.475 e. The molecule has 0 bridgehead atoms. The minimum Gasteiger partial charge on any atom is -0.475 e. The zero-order chi connectivity index (χ0) is 32.9. The Labute approximate surface area is 259 Å². The minimum absolute atomic E-state index is 0.0501. The molecule has 0 atom stereocenters. The summed E-state index contributed by atoms with van der Waals surface area (Å²) < 4.78 is 31.7. The van der Waals surface area contributed by atoms with Crippen LogP contribution in [0.1, 0.15) is 70.9 Å². The maximum Gasteiger partial charge on any atom is 0.490 e. The van der Waals surface area contributed by atoms with Gasteiger partial charge < -0.3 is 25.6 Å². The van der Waals surface area contributed by atoms with Crippen molar-refractivity contribution in [2.75, 3.05) is 25.5 Å². The topological polar surface area (TPSA) is 120 Å². The summed E-state index contributed by atoms with van der Waals surface area (Å²) in [7, 11) is 4.32. The highest BCUT2D eigenvalue weighted by Gasteiger charge is 2.38. The summed E-state index contributed by atoms with van der Waals surface area (Å²) in [5.74, 6) is -3.17. The van der Waals surface area contributed by atoms with Crippen molar-refractivity contribution in [1.29, 1.82) is 0 Å². The number of alkyl halides is 3. The lowest BCUT2D eigenvalue weighted by atomic mass is 9.85. The molecule has 0 saturated heterocycles. The summed E-state index contributed by atoms with van der Waals surface area (Å²) in [6.07, 6.45) is -0.119. The highest BCUT2D eigenvalue weighted by Crippen LogP contribution is 2.41. The number of aromatic nitrogens is 1. The molecule has 0 unspecified atom stereocenters. The van der Waals surface area contributed by atoms with Crippen LogP contribution < -0.4 is 16.2 Å². The van der Waals surface area contributed by atoms with E-state index < -0.39 is 18.1 Å². The number of nitrogens with one attached hydrogen (secondary N) is 1. The summed E-state index contributed by atoms with van der Waals surface area (Å²) >= 11 is 1.62. The molecule has 4 N–H and O–H groups in total. The Balaban J connectivity index is 0.000000676. The van der Waals surface area contributed by atoms with Gasteiger partial charge in [0.2, 0.25) is 5.91 Å². The number of nitrogens with zero attached hydrogens (tertiary/aromatic N) is 2. The molecule has 1 amide bonds. The van der Waals surface area contributed by atoms with E-state index in [1.807, 2.05) is 38.3 Å². The van der Waals surface area contributed by atoms with Gasteiger partial charge in [-0.1, -0.05) is 0 Å². The molecule has 0 radical (unpaired) electrons. The van der Waals surface area contributed by atoms with Gasteiger partial charge in [0.15, 0.2) is 0 Å². The molecule has 0 aliphatic heterocycles. The lowest BCUT2D eigenvalue weighted by molar-refractivity contribution is -0.192. The molecule has 240 valence electrons. The number of carbonyl (C=O) groups is 2. The molecule has 0 spiro atoms. The van der Waals surface area contributed by atoms with Gasteiger partial charge in [-0.3, -0.25) is 9.59 Å². The first-order valence-electron chi connectivity index (χ1n) is 14.5. The molecule has 1 fully saturated rings. The number of carboxylic acid groups (broad SMARTS) is 1. The van der Waals surface area contributed by atoms with Crippen molar-refractivity contribution >= 4 is 28.9 Å². The Hall–Kier alpha value is -3.64. The number of rotatable bonds is 8. The monoisotopic (exact) mass is 634 g/mol. The number of amides is 1. The van der Waals surface area contributed by atoms with Crippen molar-refractivity contribution in [3.63, 3.8) is 0 Å². The molecular weight excluding hydrogens is 593 g/mol. The van der Waals surface area contributed by atoms with E-state index in [-0.39, 0.29) is 5.56 Å². The maximum absolute atomic E-state index is 13.1. The Morgan fingerprint density at radius 3 is 2.11 bits per heavy atom. The van der Waals surface area contributed by atoms with E-state index in [4.69, 9.17) is 15.6 Å². The second kappa shape index (κ2) is 14.4. The van der Waals surface area contributed by atoms with E-state index in [1.54, 1.807) is 11.3 Å². The molecule has 12 heteroatoms. The van der Waals surface area contributed by atoms with Gasteiger partial charge in [-0.15, -0.1) is 0 Å². The van der Waals surface area contributed by atoms with Crippen LogP contribution in [0.5, 0.6) is 0 Å². The average Bonchev–Trinajstić information content (AvgIpc) is 3.47. The number of pyridine rings is 1. The number of H-pyrrole nitrogens is 1. The van der Waals surface area contributed by atoms with Crippen LogP contribution in [0.4, 0.5) is 18.9 Å². The third kappa shape index (κ3) is 8.09. The Morgan fingerprint density at radius 1 is 1.07 bits per heavy atom. The van der Waals surface area contributed by atoms with Crippen molar-refractivity contribution in [3.05, 3.63) is 72.8 Å². The highest BCUT2D eigenvalue weighted by atomic mass is 32.1. The molecule has 1 saturated carbocycles. The van der Waals surface area contributed by atoms with Gasteiger partial charge in [0.1, 0.15) is 0 Å². The molecule has 1 aliphatic carbocycles. The summed E-state index contributed by atoms with van der Waals surface area (Å²) in [6.45, 7) is 8.93. The van der Waals surface area contributed by atoms with Gasteiger partial charge in [0.25, 0.3) is 5.56 Å². The van der Waals surface area contributed by atoms with Gasteiger partial charge in [-0.2, -0.15) is 24.5 Å². The number of thiophene rings is 1. The van der Waals surface area contributed by atoms with Crippen molar-refractivity contribution in [3.8, 4) is 11.1 Å². The Kier molecular flexibility index (Phi) is 11.4. The molecule has 4 rings (SSSR count). The van der Waals surface area contributed by atoms with Gasteiger partial charge in [-0.25, -0.2) is 4.79 Å². The molecule has 1 aromatic carbocycles. The predicted molar refractivity (Wildman–Crippen MR) is 169 cm³/mol. The Morgan fingerprint density at radius 2 is 1.66 bits per heavy atom. The average molecular weight is 635 g/mol. The van der Waals surface area contributed by atoms with Crippen LogP contribution in [0.3, 0.4) is 0 Å². The lowest BCUT2D eigenvalue weighted by Gasteiger charge is -2.41. The predicted octanol–water partition coefficient (Wildman–Crippen LogP) is 6.05. The third-order valence-electron chi connectivity index (χ3n) is 8.31. The zero-order valence-corrected chi connectivity index (χ0v) is 26.8. The number of carbonyl (C=O) groups excluding carboxylic acids is 1. The number of aromatic amines is 1. The first-order chi connectivity index (χ1) is 20.6. The lowest BCUT2D eigenvalue weighted by Crippen LogP contribution is -2.43. The number of halogens is 3. The van der Waals surface area contributed by atoms with Crippen LogP contribution in [0.15, 0.2) is 33.8 Å². The number of aryl methyl sites for hydroxylation is 2. The number of carboxylic acids is 1. The van der Waals surface area contributed by atoms with Crippen molar-refractivity contribution < 1.29 is 27.9 Å². The second-order valence-electron chi connectivity index (χ2n) is 11.4. The molecule has 44 heavy (non-hydrogen) atoms. The van der Waals surface area contributed by atoms with Crippen LogP contribution in [0.2, 0.25) is 0 Å². The number of anilines is 1. The quantitative estimate of drug-likeness (QED) is 0.278. The van der Waals surface area contributed by atoms with Crippen LogP contribution in [0.25, 0.3) is 11.1 Å². The van der Waals surface area contributed by atoms with E-state index in [0.717, 1.165) is 77.0 Å². The fourth-order valence-corrected chi connectivity index (χ4v) is 6.74. The van der Waals surface area contributed by atoms with Crippen LogP contribution >= 0.6 is 11.3 Å². The fourth-order valence-electron chi connectivity index (χ4n) is 6.08. The van der Waals surface area contributed by atoms with E-state index >= 15 is 0 Å². The summed E-state index contributed by atoms with van der Waals surface area (Å²) in [5, 5.41) is 11.3. The second-order valence-corrected chi connectivity index (χ2v) is 12.2. The number of aliphatic carboxylic acids is 1. The summed E-state index contributed by atoms with van der Waals surface area (Å²) in [5.41, 5.74) is 14.1. The SMILES string of the molecule is CCN(c1c(C)c(C(N)=O)cc(-c2ccsc2)c1Cc1c(C)cc(C)[nH]c1=O)C1CCC(N(C)C)CC1.O=C(O)C(F)(F)F. The number of primary amides is 1. The molecule has 2 heterocycles. The number of benzene rings is 1. The minimum atomic E-state index is -5.08. The molecule has 1 aliphatic rings. The first-order valence-corrected chi connectivity index (χ1v) is 15.4. The van der Waals surface area contributed by atoms with Crippen molar-refractivity contribution in [2.24, 2.45) is 5.73 Å². The molecule has 8 nitrogen and oxygen atoms in total. The van der Waals surface area contributed by atoms with Gasteiger partial charge in [0, 0.05) is 47.6 Å².